The van der Waals surface area contributed by atoms with E-state index in [2.05, 4.69) is 5.32 Å². The van der Waals surface area contributed by atoms with Crippen molar-refractivity contribution in [3.8, 4) is 5.75 Å². The maximum atomic E-state index is 12.0. The number of benzene rings is 2. The van der Waals surface area contributed by atoms with Gasteiger partial charge >= 0.3 is 0 Å². The normalized spacial score (nSPS) is 11.8. The number of methoxy groups -OCH3 is 1. The van der Waals surface area contributed by atoms with Gasteiger partial charge in [-0.2, -0.15) is 0 Å². The van der Waals surface area contributed by atoms with Crippen molar-refractivity contribution >= 4 is 11.6 Å². The van der Waals surface area contributed by atoms with E-state index in [-0.39, 0.29) is 0 Å². The summed E-state index contributed by atoms with van der Waals surface area (Å²) < 4.78 is 5.16. The summed E-state index contributed by atoms with van der Waals surface area (Å²) in [7, 11) is 1.60. The summed E-state index contributed by atoms with van der Waals surface area (Å²) in [6.07, 6.45) is -1.18. The van der Waals surface area contributed by atoms with Crippen molar-refractivity contribution in [1.29, 1.82) is 0 Å². The molecule has 0 bridgehead atoms. The van der Waals surface area contributed by atoms with Crippen molar-refractivity contribution in [3.05, 3.63) is 59.7 Å². The number of carbonyl (C=O) groups excluding carboxylic acids is 1. The fourth-order valence-corrected chi connectivity index (χ4v) is 1.95. The second-order valence-electron chi connectivity index (χ2n) is 4.49. The number of rotatable bonds is 4. The number of nitrogens with one attached hydrogen (secondary N) is 1. The van der Waals surface area contributed by atoms with Crippen molar-refractivity contribution in [2.24, 2.45) is 0 Å². The molecule has 20 heavy (non-hydrogen) atoms. The van der Waals surface area contributed by atoms with Crippen molar-refractivity contribution < 1.29 is 14.6 Å². The lowest BCUT2D eigenvalue weighted by Crippen LogP contribution is -2.20. The third-order valence-electron chi connectivity index (χ3n) is 3.03. The molecule has 2 rings (SSSR count). The zero-order chi connectivity index (χ0) is 14.5. The zero-order valence-electron chi connectivity index (χ0n) is 11.5. The number of amides is 1. The standard InChI is InChI=1S/C16H17NO3/c1-11-10-13(8-9-14(11)20-2)17-16(19)15(18)12-6-4-3-5-7-12/h3-10,15,18H,1-2H3,(H,17,19). The van der Waals surface area contributed by atoms with Crippen molar-refractivity contribution in [2.75, 3.05) is 12.4 Å². The maximum Gasteiger partial charge on any atom is 0.257 e. The first kappa shape index (κ1) is 14.1. The van der Waals surface area contributed by atoms with Crippen LogP contribution < -0.4 is 10.1 Å². The molecule has 0 aliphatic heterocycles. The van der Waals surface area contributed by atoms with E-state index in [4.69, 9.17) is 4.74 Å². The summed E-state index contributed by atoms with van der Waals surface area (Å²) >= 11 is 0. The van der Waals surface area contributed by atoms with Crippen LogP contribution in [0.3, 0.4) is 0 Å². The summed E-state index contributed by atoms with van der Waals surface area (Å²) in [4.78, 5) is 12.0. The van der Waals surface area contributed by atoms with Crippen LogP contribution in [0.2, 0.25) is 0 Å². The molecule has 0 spiro atoms. The van der Waals surface area contributed by atoms with Crippen LogP contribution in [0.5, 0.6) is 5.75 Å². The Hall–Kier alpha value is -2.33. The molecule has 0 radical (unpaired) electrons. The number of anilines is 1. The molecular formula is C16H17NO3. The smallest absolute Gasteiger partial charge is 0.257 e. The highest BCUT2D eigenvalue weighted by Crippen LogP contribution is 2.22. The lowest BCUT2D eigenvalue weighted by molar-refractivity contribution is -0.124. The van der Waals surface area contributed by atoms with Crippen molar-refractivity contribution in [3.63, 3.8) is 0 Å². The van der Waals surface area contributed by atoms with Crippen LogP contribution in [0, 0.1) is 6.92 Å². The highest BCUT2D eigenvalue weighted by atomic mass is 16.5. The molecule has 0 fully saturated rings. The van der Waals surface area contributed by atoms with Gasteiger partial charge in [0, 0.05) is 5.69 Å². The predicted octanol–water partition coefficient (Wildman–Crippen LogP) is 2.68. The number of aliphatic hydroxyl groups is 1. The molecule has 1 atom stereocenters. The van der Waals surface area contributed by atoms with Gasteiger partial charge in [0.1, 0.15) is 5.75 Å². The molecule has 0 saturated heterocycles. The van der Waals surface area contributed by atoms with Gasteiger partial charge in [-0.3, -0.25) is 4.79 Å². The third kappa shape index (κ3) is 3.16. The van der Waals surface area contributed by atoms with Gasteiger partial charge in [-0.05, 0) is 36.2 Å². The molecular weight excluding hydrogens is 254 g/mol. The van der Waals surface area contributed by atoms with E-state index in [9.17, 15) is 9.90 Å². The van der Waals surface area contributed by atoms with E-state index < -0.39 is 12.0 Å². The highest BCUT2D eigenvalue weighted by Gasteiger charge is 2.17. The fourth-order valence-electron chi connectivity index (χ4n) is 1.95. The van der Waals surface area contributed by atoms with Crippen molar-refractivity contribution in [1.82, 2.24) is 0 Å². The molecule has 4 nitrogen and oxygen atoms in total. The minimum absolute atomic E-state index is 0.458. The quantitative estimate of drug-likeness (QED) is 0.898. The third-order valence-corrected chi connectivity index (χ3v) is 3.03. The number of aliphatic hydroxyl groups excluding tert-OH is 1. The molecule has 2 N–H and O–H groups in total. The molecule has 1 unspecified atom stereocenters. The Kier molecular flexibility index (Phi) is 4.38. The number of aryl methyl sites for hydroxylation is 1. The number of carbonyl (C=O) groups is 1. The summed E-state index contributed by atoms with van der Waals surface area (Å²) in [6.45, 7) is 1.89. The van der Waals surface area contributed by atoms with Crippen LogP contribution in [0.25, 0.3) is 0 Å². The molecule has 2 aromatic carbocycles. The Bertz CT molecular complexity index is 596. The molecule has 0 saturated carbocycles. The van der Waals surface area contributed by atoms with Gasteiger partial charge in [0.15, 0.2) is 6.10 Å². The molecule has 0 heterocycles. The van der Waals surface area contributed by atoms with Crippen LogP contribution in [-0.2, 0) is 4.79 Å². The van der Waals surface area contributed by atoms with E-state index in [0.29, 0.717) is 11.3 Å². The van der Waals surface area contributed by atoms with Gasteiger partial charge in [-0.25, -0.2) is 0 Å². The molecule has 0 aliphatic carbocycles. The SMILES string of the molecule is COc1ccc(NC(=O)C(O)c2ccccc2)cc1C. The first-order chi connectivity index (χ1) is 9.61. The summed E-state index contributed by atoms with van der Waals surface area (Å²) in [5.41, 5.74) is 2.11. The van der Waals surface area contributed by atoms with Crippen LogP contribution in [0.1, 0.15) is 17.2 Å². The molecule has 4 heteroatoms. The molecule has 0 aliphatic rings. The second kappa shape index (κ2) is 6.21. The Morgan fingerprint density at radius 2 is 1.90 bits per heavy atom. The van der Waals surface area contributed by atoms with Crippen LogP contribution in [-0.4, -0.2) is 18.1 Å². The fraction of sp³-hybridized carbons (Fsp3) is 0.188. The second-order valence-corrected chi connectivity index (χ2v) is 4.49. The van der Waals surface area contributed by atoms with Gasteiger partial charge in [-0.15, -0.1) is 0 Å². The van der Waals surface area contributed by atoms with Gasteiger partial charge in [0.2, 0.25) is 0 Å². The van der Waals surface area contributed by atoms with Gasteiger partial charge in [-0.1, -0.05) is 30.3 Å². The summed E-state index contributed by atoms with van der Waals surface area (Å²) in [5.74, 6) is 0.298. The summed E-state index contributed by atoms with van der Waals surface area (Å²) in [6, 6.07) is 14.1. The van der Waals surface area contributed by atoms with E-state index in [1.807, 2.05) is 13.0 Å². The number of hydrogen-bond acceptors (Lipinski definition) is 3. The van der Waals surface area contributed by atoms with E-state index in [1.165, 1.54) is 0 Å². The number of ether oxygens (including phenoxy) is 1. The zero-order valence-corrected chi connectivity index (χ0v) is 11.5. The van der Waals surface area contributed by atoms with E-state index in [0.717, 1.165) is 11.3 Å². The van der Waals surface area contributed by atoms with Crippen LogP contribution in [0.15, 0.2) is 48.5 Å². The first-order valence-electron chi connectivity index (χ1n) is 6.30. The van der Waals surface area contributed by atoms with Gasteiger partial charge in [0.05, 0.1) is 7.11 Å². The number of hydrogen-bond donors (Lipinski definition) is 2. The highest BCUT2D eigenvalue weighted by molar-refractivity contribution is 5.94. The summed E-state index contributed by atoms with van der Waals surface area (Å²) in [5, 5.41) is 12.7. The molecule has 1 amide bonds. The van der Waals surface area contributed by atoms with E-state index in [1.54, 1.807) is 49.6 Å². The lowest BCUT2D eigenvalue weighted by atomic mass is 10.1. The van der Waals surface area contributed by atoms with Crippen molar-refractivity contribution in [2.45, 2.75) is 13.0 Å². The Labute approximate surface area is 118 Å². The average molecular weight is 271 g/mol. The molecule has 2 aromatic rings. The largest absolute Gasteiger partial charge is 0.496 e. The monoisotopic (exact) mass is 271 g/mol. The van der Waals surface area contributed by atoms with Crippen LogP contribution in [0.4, 0.5) is 5.69 Å². The predicted molar refractivity (Wildman–Crippen MR) is 77.8 cm³/mol. The topological polar surface area (TPSA) is 58.6 Å². The average Bonchev–Trinajstić information content (AvgIpc) is 2.47. The van der Waals surface area contributed by atoms with Gasteiger partial charge < -0.3 is 15.2 Å². The maximum absolute atomic E-state index is 12.0. The lowest BCUT2D eigenvalue weighted by Gasteiger charge is -2.13. The minimum Gasteiger partial charge on any atom is -0.496 e. The Morgan fingerprint density at radius 3 is 2.50 bits per heavy atom. The van der Waals surface area contributed by atoms with Crippen LogP contribution >= 0.6 is 0 Å². The Morgan fingerprint density at radius 1 is 1.20 bits per heavy atom. The molecule has 104 valence electrons. The van der Waals surface area contributed by atoms with Gasteiger partial charge in [0.25, 0.3) is 5.91 Å². The Balaban J connectivity index is 2.10. The first-order valence-corrected chi connectivity index (χ1v) is 6.30. The van der Waals surface area contributed by atoms with E-state index >= 15 is 0 Å². The minimum atomic E-state index is -1.18. The molecule has 0 aromatic heterocycles.